The zero-order chi connectivity index (χ0) is 14.2. The maximum Gasteiger partial charge on any atom is 0.222 e. The fourth-order valence-corrected chi connectivity index (χ4v) is 5.35. The summed E-state index contributed by atoms with van der Waals surface area (Å²) in [6.07, 6.45) is 2.94. The number of likely N-dealkylation sites (tertiary alicyclic amines) is 1. The Labute approximate surface area is 130 Å². The molecule has 4 rings (SSSR count). The maximum absolute atomic E-state index is 12.4. The van der Waals surface area contributed by atoms with Crippen LogP contribution in [0, 0.1) is 5.92 Å². The summed E-state index contributed by atoms with van der Waals surface area (Å²) in [5.41, 5.74) is 1.45. The fourth-order valence-electron chi connectivity index (χ4n) is 4.11. The number of hydrogen-bond donors (Lipinski definition) is 1. The Morgan fingerprint density at radius 3 is 3.14 bits per heavy atom. The van der Waals surface area contributed by atoms with E-state index in [2.05, 4.69) is 34.5 Å². The van der Waals surface area contributed by atoms with E-state index >= 15 is 0 Å². The van der Waals surface area contributed by atoms with Crippen LogP contribution in [0.3, 0.4) is 0 Å². The van der Waals surface area contributed by atoms with E-state index in [4.69, 9.17) is 0 Å². The first-order valence-corrected chi connectivity index (χ1v) is 9.03. The summed E-state index contributed by atoms with van der Waals surface area (Å²) in [7, 11) is 0. The first kappa shape index (κ1) is 13.6. The van der Waals surface area contributed by atoms with Crippen LogP contribution >= 0.6 is 11.8 Å². The number of nitrogens with zero attached hydrogens (tertiary/aromatic N) is 1. The Morgan fingerprint density at radius 2 is 2.19 bits per heavy atom. The smallest absolute Gasteiger partial charge is 0.222 e. The number of nitrogens with one attached hydrogen (secondary N) is 1. The highest BCUT2D eigenvalue weighted by Crippen LogP contribution is 2.41. The second-order valence-corrected chi connectivity index (χ2v) is 7.51. The number of rotatable bonds is 2. The van der Waals surface area contributed by atoms with Crippen molar-refractivity contribution in [3.8, 4) is 0 Å². The van der Waals surface area contributed by atoms with E-state index < -0.39 is 0 Å². The van der Waals surface area contributed by atoms with Gasteiger partial charge in [0.05, 0.1) is 0 Å². The van der Waals surface area contributed by atoms with E-state index in [0.29, 0.717) is 23.8 Å². The van der Waals surface area contributed by atoms with E-state index in [1.807, 2.05) is 11.8 Å². The van der Waals surface area contributed by atoms with E-state index in [1.54, 1.807) is 0 Å². The van der Waals surface area contributed by atoms with Gasteiger partial charge in [-0.3, -0.25) is 4.79 Å². The average molecular weight is 302 g/mol. The van der Waals surface area contributed by atoms with Crippen molar-refractivity contribution in [2.75, 3.05) is 25.4 Å². The van der Waals surface area contributed by atoms with Gasteiger partial charge in [-0.2, -0.15) is 0 Å². The summed E-state index contributed by atoms with van der Waals surface area (Å²) >= 11 is 1.94. The molecule has 0 aliphatic carbocycles. The summed E-state index contributed by atoms with van der Waals surface area (Å²) < 4.78 is 0. The van der Waals surface area contributed by atoms with Crippen molar-refractivity contribution in [2.24, 2.45) is 5.92 Å². The summed E-state index contributed by atoms with van der Waals surface area (Å²) in [6.45, 7) is 3.06. The molecule has 2 fully saturated rings. The van der Waals surface area contributed by atoms with Gasteiger partial charge >= 0.3 is 0 Å². The number of hydrogen-bond acceptors (Lipinski definition) is 3. The molecular weight excluding hydrogens is 280 g/mol. The highest BCUT2D eigenvalue weighted by Gasteiger charge is 2.38. The minimum Gasteiger partial charge on any atom is -0.339 e. The largest absolute Gasteiger partial charge is 0.339 e. The quantitative estimate of drug-likeness (QED) is 0.911. The fraction of sp³-hybridized carbons (Fsp3) is 0.588. The van der Waals surface area contributed by atoms with Crippen molar-refractivity contribution in [1.82, 2.24) is 10.2 Å². The summed E-state index contributed by atoms with van der Waals surface area (Å²) in [6, 6.07) is 9.18. The van der Waals surface area contributed by atoms with Gasteiger partial charge < -0.3 is 10.2 Å². The number of carbonyl (C=O) groups excluding carboxylic acids is 1. The molecule has 0 saturated carbocycles. The van der Waals surface area contributed by atoms with Crippen molar-refractivity contribution < 1.29 is 4.79 Å². The average Bonchev–Trinajstić information content (AvgIpc) is 2.93. The van der Waals surface area contributed by atoms with Gasteiger partial charge in [0, 0.05) is 35.6 Å². The van der Waals surface area contributed by atoms with Gasteiger partial charge in [0.15, 0.2) is 0 Å². The highest BCUT2D eigenvalue weighted by atomic mass is 32.2. The number of thioether (sulfide) groups is 1. The van der Waals surface area contributed by atoms with Gasteiger partial charge in [0.2, 0.25) is 5.91 Å². The minimum absolute atomic E-state index is 0.382. The molecule has 3 nitrogen and oxygen atoms in total. The number of benzene rings is 1. The molecule has 21 heavy (non-hydrogen) atoms. The third kappa shape index (κ3) is 2.49. The lowest BCUT2D eigenvalue weighted by Gasteiger charge is -2.45. The Hall–Kier alpha value is -1.00. The molecule has 3 aliphatic heterocycles. The number of piperidine rings is 2. The topological polar surface area (TPSA) is 32.3 Å². The maximum atomic E-state index is 12.4. The lowest BCUT2D eigenvalue weighted by atomic mass is 9.83. The van der Waals surface area contributed by atoms with Gasteiger partial charge in [0.25, 0.3) is 0 Å². The lowest BCUT2D eigenvalue weighted by Crippen LogP contribution is -2.55. The first-order valence-electron chi connectivity index (χ1n) is 8.05. The second kappa shape index (κ2) is 5.65. The third-order valence-corrected chi connectivity index (χ3v) is 6.48. The minimum atomic E-state index is 0.382. The van der Waals surface area contributed by atoms with Crippen LogP contribution in [0.15, 0.2) is 29.2 Å². The molecule has 1 N–H and O–H groups in total. The normalized spacial score (nSPS) is 31.9. The van der Waals surface area contributed by atoms with E-state index in [9.17, 15) is 4.79 Å². The Bertz CT molecular complexity index is 547. The van der Waals surface area contributed by atoms with E-state index in [1.165, 1.54) is 10.5 Å². The molecule has 2 saturated heterocycles. The molecule has 3 aliphatic rings. The van der Waals surface area contributed by atoms with Gasteiger partial charge in [-0.05, 0) is 43.5 Å². The van der Waals surface area contributed by atoms with Crippen LogP contribution in [0.2, 0.25) is 0 Å². The van der Waals surface area contributed by atoms with Crippen LogP contribution in [0.1, 0.15) is 30.7 Å². The number of fused-ring (bicyclic) bond motifs is 2. The number of carbonyl (C=O) groups is 1. The molecule has 3 unspecified atom stereocenters. The van der Waals surface area contributed by atoms with Crippen LogP contribution in [0.25, 0.3) is 0 Å². The van der Waals surface area contributed by atoms with E-state index in [0.717, 1.165) is 44.6 Å². The van der Waals surface area contributed by atoms with Crippen molar-refractivity contribution in [1.29, 1.82) is 0 Å². The molecule has 0 aromatic heterocycles. The van der Waals surface area contributed by atoms with E-state index in [-0.39, 0.29) is 0 Å². The second-order valence-electron chi connectivity index (χ2n) is 6.45. The molecule has 1 aromatic carbocycles. The molecule has 112 valence electrons. The molecule has 4 heteroatoms. The first-order chi connectivity index (χ1) is 10.3. The molecule has 0 spiro atoms. The van der Waals surface area contributed by atoms with Crippen LogP contribution < -0.4 is 5.32 Å². The van der Waals surface area contributed by atoms with Gasteiger partial charge in [-0.15, -0.1) is 11.8 Å². The Kier molecular flexibility index (Phi) is 3.67. The predicted octanol–water partition coefficient (Wildman–Crippen LogP) is 2.48. The third-order valence-electron chi connectivity index (χ3n) is 5.23. The SMILES string of the molecule is O=C1CCC2CNCCC2N1CC1CSc2ccccc21. The van der Waals surface area contributed by atoms with Crippen LogP contribution in [-0.2, 0) is 4.79 Å². The molecule has 3 heterocycles. The van der Waals surface area contributed by atoms with Crippen molar-refractivity contribution >= 4 is 17.7 Å². The summed E-state index contributed by atoms with van der Waals surface area (Å²) in [5.74, 6) is 2.69. The standard InChI is InChI=1S/C17H22N2OS/c20-17-6-5-12-9-18-8-7-15(12)19(17)10-13-11-21-16-4-2-1-3-14(13)16/h1-4,12-13,15,18H,5-11H2. The Balaban J connectivity index is 1.54. The van der Waals surface area contributed by atoms with Crippen LogP contribution in [-0.4, -0.2) is 42.2 Å². The monoisotopic (exact) mass is 302 g/mol. The molecular formula is C17H22N2OS. The number of amides is 1. The van der Waals surface area contributed by atoms with Crippen molar-refractivity contribution in [3.05, 3.63) is 29.8 Å². The highest BCUT2D eigenvalue weighted by molar-refractivity contribution is 7.99. The van der Waals surface area contributed by atoms with Crippen LogP contribution in [0.5, 0.6) is 0 Å². The summed E-state index contributed by atoms with van der Waals surface area (Å²) in [5, 5.41) is 3.49. The lowest BCUT2D eigenvalue weighted by molar-refractivity contribution is -0.139. The predicted molar refractivity (Wildman–Crippen MR) is 85.6 cm³/mol. The molecule has 3 atom stereocenters. The molecule has 1 aromatic rings. The zero-order valence-electron chi connectivity index (χ0n) is 12.3. The zero-order valence-corrected chi connectivity index (χ0v) is 13.1. The van der Waals surface area contributed by atoms with Crippen LogP contribution in [0.4, 0.5) is 0 Å². The van der Waals surface area contributed by atoms with Gasteiger partial charge in [-0.25, -0.2) is 0 Å². The van der Waals surface area contributed by atoms with Crippen molar-refractivity contribution in [2.45, 2.75) is 36.1 Å². The van der Waals surface area contributed by atoms with Gasteiger partial charge in [-0.1, -0.05) is 18.2 Å². The Morgan fingerprint density at radius 1 is 1.29 bits per heavy atom. The molecule has 1 amide bonds. The molecule has 0 radical (unpaired) electrons. The molecule has 0 bridgehead atoms. The summed E-state index contributed by atoms with van der Waals surface area (Å²) in [4.78, 5) is 16.1. The van der Waals surface area contributed by atoms with Crippen molar-refractivity contribution in [3.63, 3.8) is 0 Å². The van der Waals surface area contributed by atoms with Gasteiger partial charge in [0.1, 0.15) is 0 Å².